The number of methoxy groups -OCH3 is 1. The number of nitrogens with one attached hydrogen (secondary N) is 1. The van der Waals surface area contributed by atoms with Crippen LogP contribution in [0.1, 0.15) is 0 Å². The van der Waals surface area contributed by atoms with Crippen LogP contribution >= 0.6 is 22.6 Å². The predicted octanol–water partition coefficient (Wildman–Crippen LogP) is 3.63. The fourth-order valence-electron chi connectivity index (χ4n) is 1.49. The third-order valence-electron chi connectivity index (χ3n) is 2.36. The van der Waals surface area contributed by atoms with E-state index in [9.17, 15) is 0 Å². The first-order valence-corrected chi connectivity index (χ1v) is 6.23. The smallest absolute Gasteiger partial charge is 0.121 e. The van der Waals surface area contributed by atoms with Crippen LogP contribution in [0.25, 0.3) is 0 Å². The van der Waals surface area contributed by atoms with Crippen molar-refractivity contribution in [3.63, 3.8) is 0 Å². The summed E-state index contributed by atoms with van der Waals surface area (Å²) in [6.45, 7) is 0. The maximum absolute atomic E-state index is 5.91. The quantitative estimate of drug-likeness (QED) is 0.663. The van der Waals surface area contributed by atoms with Crippen molar-refractivity contribution in [2.24, 2.45) is 0 Å². The van der Waals surface area contributed by atoms with Gasteiger partial charge in [-0.1, -0.05) is 6.07 Å². The topological polar surface area (TPSA) is 47.3 Å². The normalized spacial score (nSPS) is 10.0. The minimum atomic E-state index is 0.699. The van der Waals surface area contributed by atoms with Crippen LogP contribution in [-0.2, 0) is 0 Å². The molecule has 0 radical (unpaired) electrons. The molecule has 0 spiro atoms. The lowest BCUT2D eigenvalue weighted by molar-refractivity contribution is 0.415. The molecule has 2 aromatic rings. The molecule has 0 aromatic heterocycles. The predicted molar refractivity (Wildman–Crippen MR) is 79.8 cm³/mol. The molecule has 88 valence electrons. The first kappa shape index (κ1) is 12.0. The summed E-state index contributed by atoms with van der Waals surface area (Å²) in [7, 11) is 1.64. The van der Waals surface area contributed by atoms with E-state index in [4.69, 9.17) is 10.5 Å². The van der Waals surface area contributed by atoms with E-state index in [1.165, 1.54) is 3.57 Å². The van der Waals surface area contributed by atoms with Crippen LogP contribution in [0.3, 0.4) is 0 Å². The molecule has 0 aliphatic heterocycles. The van der Waals surface area contributed by atoms with Crippen molar-refractivity contribution in [2.45, 2.75) is 0 Å². The molecule has 3 nitrogen and oxygen atoms in total. The van der Waals surface area contributed by atoms with Crippen molar-refractivity contribution in [2.75, 3.05) is 18.2 Å². The molecule has 0 aliphatic rings. The van der Waals surface area contributed by atoms with E-state index in [2.05, 4.69) is 34.0 Å². The Labute approximate surface area is 114 Å². The molecule has 0 bridgehead atoms. The molecule has 0 heterocycles. The molecule has 0 atom stereocenters. The number of hydrogen-bond acceptors (Lipinski definition) is 3. The van der Waals surface area contributed by atoms with Gasteiger partial charge < -0.3 is 15.8 Å². The Bertz CT molecular complexity index is 529. The molecule has 0 fully saturated rings. The van der Waals surface area contributed by atoms with E-state index in [1.54, 1.807) is 7.11 Å². The minimum absolute atomic E-state index is 0.699. The van der Waals surface area contributed by atoms with Gasteiger partial charge in [-0.3, -0.25) is 0 Å². The van der Waals surface area contributed by atoms with E-state index < -0.39 is 0 Å². The Morgan fingerprint density at radius 1 is 1.18 bits per heavy atom. The standard InChI is InChI=1S/C13H13IN2O/c1-17-11-5-6-12(15)13(8-11)16-10-4-2-3-9(14)7-10/h2-8,16H,15H2,1H3. The van der Waals surface area contributed by atoms with E-state index >= 15 is 0 Å². The highest BCUT2D eigenvalue weighted by molar-refractivity contribution is 14.1. The fourth-order valence-corrected chi connectivity index (χ4v) is 2.04. The van der Waals surface area contributed by atoms with Crippen LogP contribution < -0.4 is 15.8 Å². The van der Waals surface area contributed by atoms with Crippen molar-refractivity contribution in [1.82, 2.24) is 0 Å². The SMILES string of the molecule is COc1ccc(N)c(Nc2cccc(I)c2)c1. The van der Waals surface area contributed by atoms with Crippen LogP contribution in [0.2, 0.25) is 0 Å². The van der Waals surface area contributed by atoms with Gasteiger partial charge in [0.05, 0.1) is 18.5 Å². The summed E-state index contributed by atoms with van der Waals surface area (Å²) in [5.74, 6) is 0.785. The second-order valence-corrected chi connectivity index (χ2v) is 4.83. The number of halogens is 1. The van der Waals surface area contributed by atoms with Crippen LogP contribution in [-0.4, -0.2) is 7.11 Å². The third kappa shape index (κ3) is 3.03. The fraction of sp³-hybridized carbons (Fsp3) is 0.0769. The number of nitrogens with two attached hydrogens (primary N) is 1. The number of hydrogen-bond donors (Lipinski definition) is 2. The maximum atomic E-state index is 5.91. The van der Waals surface area contributed by atoms with Crippen LogP contribution in [0.15, 0.2) is 42.5 Å². The van der Waals surface area contributed by atoms with Gasteiger partial charge in [0.1, 0.15) is 5.75 Å². The van der Waals surface area contributed by atoms with Gasteiger partial charge in [0.25, 0.3) is 0 Å². The highest BCUT2D eigenvalue weighted by atomic mass is 127. The summed E-state index contributed by atoms with van der Waals surface area (Å²) in [5, 5.41) is 3.28. The van der Waals surface area contributed by atoms with Crippen LogP contribution in [0, 0.1) is 3.57 Å². The summed E-state index contributed by atoms with van der Waals surface area (Å²) >= 11 is 2.27. The van der Waals surface area contributed by atoms with Crippen LogP contribution in [0.4, 0.5) is 17.1 Å². The lowest BCUT2D eigenvalue weighted by atomic mass is 10.2. The highest BCUT2D eigenvalue weighted by Crippen LogP contribution is 2.27. The average Bonchev–Trinajstić information content (AvgIpc) is 2.32. The Morgan fingerprint density at radius 3 is 2.71 bits per heavy atom. The van der Waals surface area contributed by atoms with Gasteiger partial charge in [0, 0.05) is 15.3 Å². The van der Waals surface area contributed by atoms with Gasteiger partial charge in [-0.05, 0) is 52.9 Å². The summed E-state index contributed by atoms with van der Waals surface area (Å²) in [6, 6.07) is 13.7. The van der Waals surface area contributed by atoms with Gasteiger partial charge in [0.2, 0.25) is 0 Å². The van der Waals surface area contributed by atoms with E-state index in [0.29, 0.717) is 5.69 Å². The van der Waals surface area contributed by atoms with Crippen molar-refractivity contribution in [3.05, 3.63) is 46.0 Å². The first-order valence-electron chi connectivity index (χ1n) is 5.15. The Hall–Kier alpha value is -1.43. The molecular weight excluding hydrogens is 327 g/mol. The monoisotopic (exact) mass is 340 g/mol. The van der Waals surface area contributed by atoms with Gasteiger partial charge in [-0.25, -0.2) is 0 Å². The Balaban J connectivity index is 2.29. The zero-order chi connectivity index (χ0) is 12.3. The van der Waals surface area contributed by atoms with E-state index in [0.717, 1.165) is 17.1 Å². The van der Waals surface area contributed by atoms with Gasteiger partial charge in [-0.15, -0.1) is 0 Å². The molecule has 3 N–H and O–H groups in total. The number of benzene rings is 2. The Morgan fingerprint density at radius 2 is 2.00 bits per heavy atom. The molecule has 0 unspecified atom stereocenters. The van der Waals surface area contributed by atoms with Crippen molar-refractivity contribution in [3.8, 4) is 5.75 Å². The largest absolute Gasteiger partial charge is 0.497 e. The van der Waals surface area contributed by atoms with Crippen molar-refractivity contribution < 1.29 is 4.74 Å². The molecule has 17 heavy (non-hydrogen) atoms. The number of anilines is 3. The Kier molecular flexibility index (Phi) is 3.73. The summed E-state index contributed by atoms with van der Waals surface area (Å²) < 4.78 is 6.35. The molecule has 4 heteroatoms. The zero-order valence-corrected chi connectivity index (χ0v) is 11.6. The van der Waals surface area contributed by atoms with Crippen LogP contribution in [0.5, 0.6) is 5.75 Å². The van der Waals surface area contributed by atoms with Gasteiger partial charge in [-0.2, -0.15) is 0 Å². The lowest BCUT2D eigenvalue weighted by Gasteiger charge is -2.11. The van der Waals surface area contributed by atoms with Crippen molar-refractivity contribution >= 4 is 39.7 Å². The average molecular weight is 340 g/mol. The second-order valence-electron chi connectivity index (χ2n) is 3.59. The second kappa shape index (κ2) is 5.27. The maximum Gasteiger partial charge on any atom is 0.121 e. The van der Waals surface area contributed by atoms with Gasteiger partial charge in [0.15, 0.2) is 0 Å². The molecule has 2 rings (SSSR count). The number of nitrogen functional groups attached to an aromatic ring is 1. The minimum Gasteiger partial charge on any atom is -0.497 e. The summed E-state index contributed by atoms with van der Waals surface area (Å²) in [5.41, 5.74) is 8.47. The van der Waals surface area contributed by atoms with E-state index in [-0.39, 0.29) is 0 Å². The molecular formula is C13H13IN2O. The van der Waals surface area contributed by atoms with Gasteiger partial charge >= 0.3 is 0 Å². The number of ether oxygens (including phenoxy) is 1. The number of rotatable bonds is 3. The third-order valence-corrected chi connectivity index (χ3v) is 3.04. The molecule has 2 aromatic carbocycles. The first-order chi connectivity index (χ1) is 8.19. The summed E-state index contributed by atoms with van der Waals surface area (Å²) in [4.78, 5) is 0. The summed E-state index contributed by atoms with van der Waals surface area (Å²) in [6.07, 6.45) is 0. The zero-order valence-electron chi connectivity index (χ0n) is 9.41. The highest BCUT2D eigenvalue weighted by Gasteiger charge is 2.02. The lowest BCUT2D eigenvalue weighted by Crippen LogP contribution is -1.97. The molecule has 0 saturated carbocycles. The van der Waals surface area contributed by atoms with Crippen molar-refractivity contribution in [1.29, 1.82) is 0 Å². The molecule has 0 saturated heterocycles. The van der Waals surface area contributed by atoms with E-state index in [1.807, 2.05) is 36.4 Å². The molecule has 0 aliphatic carbocycles. The molecule has 0 amide bonds.